The lowest BCUT2D eigenvalue weighted by atomic mass is 10.1. The molecule has 0 aliphatic carbocycles. The molecule has 0 fully saturated rings. The fourth-order valence-electron chi connectivity index (χ4n) is 3.98. The number of hydrogen-bond acceptors (Lipinski definition) is 8. The highest BCUT2D eigenvalue weighted by Crippen LogP contribution is 2.32. The number of para-hydroxylation sites is 1. The van der Waals surface area contributed by atoms with E-state index in [-0.39, 0.29) is 27.4 Å². The molecule has 9 nitrogen and oxygen atoms in total. The lowest BCUT2D eigenvalue weighted by molar-refractivity contribution is 0.102. The summed E-state index contributed by atoms with van der Waals surface area (Å²) in [5, 5.41) is 10.2. The highest BCUT2D eigenvalue weighted by molar-refractivity contribution is 7.90. The van der Waals surface area contributed by atoms with E-state index in [1.54, 1.807) is 17.5 Å². The van der Waals surface area contributed by atoms with Crippen LogP contribution in [-0.4, -0.2) is 36.5 Å². The van der Waals surface area contributed by atoms with Gasteiger partial charge in [-0.2, -0.15) is 0 Å². The summed E-state index contributed by atoms with van der Waals surface area (Å²) in [6.45, 7) is -0.716. The zero-order chi connectivity index (χ0) is 28.3. The average Bonchev–Trinajstić information content (AvgIpc) is 3.38. The number of thiophene rings is 1. The van der Waals surface area contributed by atoms with Gasteiger partial charge in [-0.15, -0.1) is 11.3 Å². The Morgan fingerprint density at radius 2 is 1.70 bits per heavy atom. The Morgan fingerprint density at radius 1 is 0.900 bits per heavy atom. The standard InChI is InChI=1S/C28H22FN5O4S2/c1-40(37,38)23-11-10-20(33-27(35)18-7-5-6-17(12-18)14-29)13-22(23)34-28(36)21-15-39-25-24(21)30-16-31-26(25)32-19-8-3-2-4-9-19/h2-13,15-16H,14H2,1H3,(H,33,35)(H,34,36)(H,30,31,32). The number of carbonyl (C=O) groups excluding carboxylic acids is 2. The number of nitrogens with one attached hydrogen (secondary N) is 3. The first kappa shape index (κ1) is 26.9. The van der Waals surface area contributed by atoms with Gasteiger partial charge in [0.1, 0.15) is 13.0 Å². The molecule has 2 heterocycles. The molecule has 0 radical (unpaired) electrons. The number of anilines is 4. The van der Waals surface area contributed by atoms with Crippen molar-refractivity contribution < 1.29 is 22.4 Å². The fraction of sp³-hybridized carbons (Fsp3) is 0.0714. The summed E-state index contributed by atoms with van der Waals surface area (Å²) in [5.74, 6) is -0.572. The van der Waals surface area contributed by atoms with Crippen molar-refractivity contribution in [2.24, 2.45) is 0 Å². The molecule has 0 aliphatic rings. The monoisotopic (exact) mass is 575 g/mol. The maximum atomic E-state index is 13.4. The Balaban J connectivity index is 1.44. The summed E-state index contributed by atoms with van der Waals surface area (Å²) in [5.41, 5.74) is 2.25. The zero-order valence-corrected chi connectivity index (χ0v) is 22.6. The number of nitrogens with zero attached hydrogens (tertiary/aromatic N) is 2. The van der Waals surface area contributed by atoms with Crippen molar-refractivity contribution in [2.45, 2.75) is 11.6 Å². The van der Waals surface area contributed by atoms with Crippen LogP contribution in [0.5, 0.6) is 0 Å². The van der Waals surface area contributed by atoms with Crippen LogP contribution in [0.15, 0.2) is 89.4 Å². The van der Waals surface area contributed by atoms with Crippen LogP contribution in [0.2, 0.25) is 0 Å². The minimum absolute atomic E-state index is 0.0150. The fourth-order valence-corrected chi connectivity index (χ4v) is 5.75. The third-order valence-electron chi connectivity index (χ3n) is 5.86. The van der Waals surface area contributed by atoms with Gasteiger partial charge in [0, 0.05) is 28.6 Å². The molecular weight excluding hydrogens is 553 g/mol. The number of benzene rings is 3. The summed E-state index contributed by atoms with van der Waals surface area (Å²) in [6.07, 6.45) is 2.36. The molecule has 3 N–H and O–H groups in total. The summed E-state index contributed by atoms with van der Waals surface area (Å²) in [6, 6.07) is 19.6. The van der Waals surface area contributed by atoms with Gasteiger partial charge in [0.25, 0.3) is 11.8 Å². The zero-order valence-electron chi connectivity index (χ0n) is 21.0. The van der Waals surface area contributed by atoms with Crippen LogP contribution in [0.3, 0.4) is 0 Å². The lowest BCUT2D eigenvalue weighted by Gasteiger charge is -2.13. The van der Waals surface area contributed by atoms with Crippen molar-refractivity contribution >= 4 is 66.1 Å². The predicted molar refractivity (Wildman–Crippen MR) is 154 cm³/mol. The van der Waals surface area contributed by atoms with Crippen molar-refractivity contribution in [1.82, 2.24) is 9.97 Å². The molecule has 0 atom stereocenters. The van der Waals surface area contributed by atoms with E-state index in [1.807, 2.05) is 30.3 Å². The second-order valence-corrected chi connectivity index (χ2v) is 11.6. The summed E-state index contributed by atoms with van der Waals surface area (Å²) < 4.78 is 38.6. The van der Waals surface area contributed by atoms with Gasteiger partial charge in [-0.1, -0.05) is 30.3 Å². The normalized spacial score (nSPS) is 11.2. The molecule has 2 aromatic heterocycles. The van der Waals surface area contributed by atoms with Crippen LogP contribution in [0, 0.1) is 0 Å². The maximum Gasteiger partial charge on any atom is 0.258 e. The molecule has 0 spiro atoms. The van der Waals surface area contributed by atoms with E-state index in [0.717, 1.165) is 11.9 Å². The molecule has 202 valence electrons. The van der Waals surface area contributed by atoms with Crippen LogP contribution in [0.25, 0.3) is 10.2 Å². The number of rotatable bonds is 8. The molecule has 0 saturated heterocycles. The van der Waals surface area contributed by atoms with Crippen LogP contribution in [0.4, 0.5) is 27.3 Å². The van der Waals surface area contributed by atoms with Crippen LogP contribution < -0.4 is 16.0 Å². The summed E-state index contributed by atoms with van der Waals surface area (Å²) in [4.78, 5) is 34.5. The summed E-state index contributed by atoms with van der Waals surface area (Å²) >= 11 is 1.27. The Bertz CT molecular complexity index is 1840. The van der Waals surface area contributed by atoms with Gasteiger partial charge >= 0.3 is 0 Å². The first-order chi connectivity index (χ1) is 19.2. The third kappa shape index (κ3) is 5.82. The number of carbonyl (C=O) groups is 2. The molecule has 0 saturated carbocycles. The molecule has 3 aromatic carbocycles. The number of alkyl halides is 1. The first-order valence-corrected chi connectivity index (χ1v) is 14.7. The molecule has 40 heavy (non-hydrogen) atoms. The number of aromatic nitrogens is 2. The van der Waals surface area contributed by atoms with Gasteiger partial charge in [0.05, 0.1) is 26.4 Å². The third-order valence-corrected chi connectivity index (χ3v) is 7.99. The molecule has 5 aromatic rings. The Hall–Kier alpha value is -4.68. The molecule has 2 amide bonds. The lowest BCUT2D eigenvalue weighted by Crippen LogP contribution is -2.16. The van der Waals surface area contributed by atoms with Crippen LogP contribution in [-0.2, 0) is 16.5 Å². The smallest absolute Gasteiger partial charge is 0.258 e. The number of fused-ring (bicyclic) bond motifs is 1. The molecule has 0 bridgehead atoms. The van der Waals surface area contributed by atoms with E-state index in [0.29, 0.717) is 21.6 Å². The van der Waals surface area contributed by atoms with E-state index in [4.69, 9.17) is 0 Å². The second kappa shape index (κ2) is 11.2. The number of amides is 2. The highest BCUT2D eigenvalue weighted by Gasteiger charge is 2.21. The number of halogens is 1. The predicted octanol–water partition coefficient (Wildman–Crippen LogP) is 5.81. The van der Waals surface area contributed by atoms with Gasteiger partial charge in [0.2, 0.25) is 0 Å². The van der Waals surface area contributed by atoms with Gasteiger partial charge in [-0.05, 0) is 48.0 Å². The van der Waals surface area contributed by atoms with Crippen molar-refractivity contribution in [3.8, 4) is 0 Å². The van der Waals surface area contributed by atoms with Gasteiger partial charge in [-0.3, -0.25) is 9.59 Å². The van der Waals surface area contributed by atoms with Gasteiger partial charge in [-0.25, -0.2) is 22.8 Å². The Kier molecular flexibility index (Phi) is 7.54. The van der Waals surface area contributed by atoms with Crippen molar-refractivity contribution in [2.75, 3.05) is 22.2 Å². The number of hydrogen-bond donors (Lipinski definition) is 3. The SMILES string of the molecule is CS(=O)(=O)c1ccc(NC(=O)c2cccc(CF)c2)cc1NC(=O)c1csc2c(Nc3ccccc3)ncnc12. The molecule has 12 heteroatoms. The van der Waals surface area contributed by atoms with E-state index < -0.39 is 28.3 Å². The van der Waals surface area contributed by atoms with Crippen molar-refractivity contribution in [3.05, 3.63) is 101 Å². The Labute approximate surface area is 233 Å². The number of sulfone groups is 1. The van der Waals surface area contributed by atoms with E-state index in [1.165, 1.54) is 48.0 Å². The molecule has 0 aliphatic heterocycles. The minimum atomic E-state index is -3.74. The largest absolute Gasteiger partial charge is 0.339 e. The van der Waals surface area contributed by atoms with E-state index >= 15 is 0 Å². The van der Waals surface area contributed by atoms with Crippen molar-refractivity contribution in [1.29, 1.82) is 0 Å². The van der Waals surface area contributed by atoms with Crippen LogP contribution >= 0.6 is 11.3 Å². The van der Waals surface area contributed by atoms with Crippen molar-refractivity contribution in [3.63, 3.8) is 0 Å². The Morgan fingerprint density at radius 3 is 2.45 bits per heavy atom. The van der Waals surface area contributed by atoms with Gasteiger partial charge in [0.15, 0.2) is 15.7 Å². The minimum Gasteiger partial charge on any atom is -0.339 e. The molecule has 5 rings (SSSR count). The average molecular weight is 576 g/mol. The van der Waals surface area contributed by atoms with E-state index in [2.05, 4.69) is 25.9 Å². The van der Waals surface area contributed by atoms with Crippen LogP contribution in [0.1, 0.15) is 26.3 Å². The van der Waals surface area contributed by atoms with E-state index in [9.17, 15) is 22.4 Å². The van der Waals surface area contributed by atoms with Gasteiger partial charge < -0.3 is 16.0 Å². The summed E-state index contributed by atoms with van der Waals surface area (Å²) in [7, 11) is -3.74. The molecule has 0 unspecified atom stereocenters. The molecular formula is C28H22FN5O4S2. The quantitative estimate of drug-likeness (QED) is 0.213. The maximum absolute atomic E-state index is 13.4. The second-order valence-electron chi connectivity index (χ2n) is 8.77. The highest BCUT2D eigenvalue weighted by atomic mass is 32.2. The first-order valence-electron chi connectivity index (χ1n) is 11.9. The topological polar surface area (TPSA) is 130 Å².